The van der Waals surface area contributed by atoms with Crippen LogP contribution in [0.2, 0.25) is 0 Å². The van der Waals surface area contributed by atoms with Crippen LogP contribution in [-0.4, -0.2) is 62.8 Å². The molecule has 1 aromatic heterocycles. The number of carbonyl (C=O) groups is 2. The van der Waals surface area contributed by atoms with Crippen molar-refractivity contribution in [1.29, 1.82) is 0 Å². The molecule has 254 valence electrons. The zero-order valence-electron chi connectivity index (χ0n) is 27.7. The van der Waals surface area contributed by atoms with Crippen molar-refractivity contribution < 1.29 is 24.2 Å². The van der Waals surface area contributed by atoms with E-state index in [4.69, 9.17) is 9.47 Å². The average molecular weight is 664 g/mol. The molecular formula is C38H41N5O6. The molecule has 3 aromatic carbocycles. The maximum atomic E-state index is 14.2. The first kappa shape index (κ1) is 32.4. The smallest absolute Gasteiger partial charge is 0.288 e. The van der Waals surface area contributed by atoms with E-state index in [2.05, 4.69) is 10.2 Å². The van der Waals surface area contributed by atoms with Crippen LogP contribution in [0.25, 0.3) is 5.69 Å². The number of rotatable bonds is 8. The first-order valence-corrected chi connectivity index (χ1v) is 16.7. The molecule has 2 atom stereocenters. The summed E-state index contributed by atoms with van der Waals surface area (Å²) in [5.41, 5.74) is 3.88. The van der Waals surface area contributed by atoms with Gasteiger partial charge in [-0.1, -0.05) is 60.7 Å². The average Bonchev–Trinajstić information content (AvgIpc) is 3.57. The minimum absolute atomic E-state index is 0.0219. The number of amides is 2. The lowest BCUT2D eigenvalue weighted by Gasteiger charge is -2.43. The molecule has 1 spiro atoms. The number of aliphatic hydroxyl groups excluding tert-OH is 1. The molecule has 4 aromatic rings. The van der Waals surface area contributed by atoms with Crippen LogP contribution >= 0.6 is 0 Å². The van der Waals surface area contributed by atoms with Gasteiger partial charge in [0.1, 0.15) is 5.54 Å². The van der Waals surface area contributed by atoms with Crippen molar-refractivity contribution in [1.82, 2.24) is 19.6 Å². The van der Waals surface area contributed by atoms with Gasteiger partial charge in [0.25, 0.3) is 11.5 Å². The van der Waals surface area contributed by atoms with E-state index in [9.17, 15) is 19.5 Å². The molecule has 2 fully saturated rings. The number of piperidine rings is 1. The predicted octanol–water partition coefficient (Wildman–Crippen LogP) is 3.86. The number of benzene rings is 3. The molecule has 11 heteroatoms. The van der Waals surface area contributed by atoms with Crippen molar-refractivity contribution in [3.8, 4) is 5.69 Å². The molecule has 3 aliphatic rings. The third-order valence-electron chi connectivity index (χ3n) is 10.2. The summed E-state index contributed by atoms with van der Waals surface area (Å²) in [4.78, 5) is 45.3. The Bertz CT molecular complexity index is 1910. The lowest BCUT2D eigenvalue weighted by molar-refractivity contribution is -0.157. The van der Waals surface area contributed by atoms with Crippen LogP contribution in [0.1, 0.15) is 47.6 Å². The van der Waals surface area contributed by atoms with Gasteiger partial charge in [-0.05, 0) is 61.2 Å². The van der Waals surface area contributed by atoms with E-state index < -0.39 is 17.7 Å². The molecule has 49 heavy (non-hydrogen) atoms. The monoisotopic (exact) mass is 663 g/mol. The molecule has 0 aliphatic carbocycles. The van der Waals surface area contributed by atoms with Crippen molar-refractivity contribution in [3.05, 3.63) is 130 Å². The van der Waals surface area contributed by atoms with E-state index in [1.54, 1.807) is 15.7 Å². The van der Waals surface area contributed by atoms with Gasteiger partial charge in [-0.2, -0.15) is 0 Å². The molecule has 0 bridgehead atoms. The zero-order valence-corrected chi connectivity index (χ0v) is 27.7. The van der Waals surface area contributed by atoms with E-state index in [1.807, 2.05) is 104 Å². The molecular weight excluding hydrogens is 622 g/mol. The van der Waals surface area contributed by atoms with Gasteiger partial charge >= 0.3 is 0 Å². The SMILES string of the molecule is Cc1c([C@@H]2C=C(C(=O)N3CCC4(CC3)C(=O)NCN4c3ccccc3)O[C@H](OCc3ccc(CO)cc3)C2)c(=O)n(-c2ccccc2)n1C. The van der Waals surface area contributed by atoms with Gasteiger partial charge in [-0.15, -0.1) is 0 Å². The molecule has 3 aliphatic heterocycles. The van der Waals surface area contributed by atoms with Gasteiger partial charge in [0.05, 0.1) is 25.6 Å². The second kappa shape index (κ2) is 13.4. The van der Waals surface area contributed by atoms with Crippen molar-refractivity contribution >= 4 is 17.5 Å². The Kier molecular flexibility index (Phi) is 8.87. The number of likely N-dealkylation sites (tertiary alicyclic amines) is 1. The lowest BCUT2D eigenvalue weighted by Crippen LogP contribution is -2.57. The Morgan fingerprint density at radius 1 is 0.939 bits per heavy atom. The highest BCUT2D eigenvalue weighted by molar-refractivity contribution is 5.95. The maximum Gasteiger partial charge on any atom is 0.288 e. The predicted molar refractivity (Wildman–Crippen MR) is 184 cm³/mol. The molecule has 2 amide bonds. The fourth-order valence-corrected chi connectivity index (χ4v) is 7.33. The van der Waals surface area contributed by atoms with E-state index in [-0.39, 0.29) is 36.3 Å². The standard InChI is InChI=1S/C38H41N5O6/c1-26-34(36(46)43(40(26)2)31-11-7-4-8-12-31)29-21-32(49-33(22-29)48-24-28-15-13-27(23-44)14-16-28)35(45)41-19-17-38(18-20-41)37(47)39-25-42(38)30-9-5-3-6-10-30/h3-16,21,29,33,44H,17-20,22-25H2,1-2H3,(H,39,47)/t29-,33+/m1/s1. The largest absolute Gasteiger partial charge is 0.459 e. The van der Waals surface area contributed by atoms with Crippen LogP contribution in [0.15, 0.2) is 102 Å². The number of allylic oxidation sites excluding steroid dienone is 1. The van der Waals surface area contributed by atoms with Crippen LogP contribution < -0.4 is 15.8 Å². The van der Waals surface area contributed by atoms with Crippen LogP contribution in [-0.2, 0) is 39.3 Å². The van der Waals surface area contributed by atoms with Crippen LogP contribution in [0.5, 0.6) is 0 Å². The van der Waals surface area contributed by atoms with E-state index in [0.717, 1.165) is 28.2 Å². The summed E-state index contributed by atoms with van der Waals surface area (Å²) < 4.78 is 16.0. The van der Waals surface area contributed by atoms with Gasteiger partial charge in [0.2, 0.25) is 12.2 Å². The summed E-state index contributed by atoms with van der Waals surface area (Å²) >= 11 is 0. The minimum Gasteiger partial charge on any atom is -0.459 e. The second-order valence-electron chi connectivity index (χ2n) is 12.9. The summed E-state index contributed by atoms with van der Waals surface area (Å²) in [5, 5.41) is 12.4. The molecule has 0 radical (unpaired) electrons. The summed E-state index contributed by atoms with van der Waals surface area (Å²) in [6.07, 6.45) is 2.26. The number of nitrogens with zero attached hydrogens (tertiary/aromatic N) is 4. The highest BCUT2D eigenvalue weighted by Crippen LogP contribution is 2.38. The van der Waals surface area contributed by atoms with Crippen molar-refractivity contribution in [2.24, 2.45) is 7.05 Å². The zero-order chi connectivity index (χ0) is 34.1. The summed E-state index contributed by atoms with van der Waals surface area (Å²) in [6.45, 7) is 3.25. The number of carbonyl (C=O) groups excluding carboxylic acids is 2. The van der Waals surface area contributed by atoms with E-state index >= 15 is 0 Å². The number of hydrogen-bond donors (Lipinski definition) is 2. The maximum absolute atomic E-state index is 14.2. The van der Waals surface area contributed by atoms with E-state index in [1.165, 1.54) is 0 Å². The lowest BCUT2D eigenvalue weighted by atomic mass is 9.85. The van der Waals surface area contributed by atoms with Gasteiger partial charge in [-0.25, -0.2) is 4.68 Å². The Labute approximate surface area is 284 Å². The second-order valence-corrected chi connectivity index (χ2v) is 12.9. The Balaban J connectivity index is 1.16. The van der Waals surface area contributed by atoms with Crippen LogP contribution in [0.4, 0.5) is 5.69 Å². The fraction of sp³-hybridized carbons (Fsp3) is 0.342. The quantitative estimate of drug-likeness (QED) is 0.294. The number of hydrogen-bond acceptors (Lipinski definition) is 7. The molecule has 11 nitrogen and oxygen atoms in total. The topological polar surface area (TPSA) is 118 Å². The van der Waals surface area contributed by atoms with Gasteiger partial charge in [0, 0.05) is 49.4 Å². The van der Waals surface area contributed by atoms with Gasteiger partial charge in [-0.3, -0.25) is 19.1 Å². The molecule has 2 N–H and O–H groups in total. The summed E-state index contributed by atoms with van der Waals surface area (Å²) in [6, 6.07) is 26.8. The van der Waals surface area contributed by atoms with E-state index in [0.29, 0.717) is 44.6 Å². The van der Waals surface area contributed by atoms with Crippen molar-refractivity contribution in [2.75, 3.05) is 24.7 Å². The number of nitrogens with one attached hydrogen (secondary N) is 1. The molecule has 2 saturated heterocycles. The van der Waals surface area contributed by atoms with Crippen molar-refractivity contribution in [3.63, 3.8) is 0 Å². The third kappa shape index (κ3) is 6.04. The normalized spacial score (nSPS) is 20.2. The number of aromatic nitrogens is 2. The first-order chi connectivity index (χ1) is 23.8. The summed E-state index contributed by atoms with van der Waals surface area (Å²) in [5.74, 6) is -0.616. The fourth-order valence-electron chi connectivity index (χ4n) is 7.33. The molecule has 0 saturated carbocycles. The summed E-state index contributed by atoms with van der Waals surface area (Å²) in [7, 11) is 1.85. The first-order valence-electron chi connectivity index (χ1n) is 16.7. The minimum atomic E-state index is -0.791. The Hall–Kier alpha value is -5.13. The molecule has 4 heterocycles. The molecule has 7 rings (SSSR count). The number of aliphatic hydroxyl groups is 1. The highest BCUT2D eigenvalue weighted by atomic mass is 16.7. The highest BCUT2D eigenvalue weighted by Gasteiger charge is 2.51. The third-order valence-corrected chi connectivity index (χ3v) is 10.2. The number of ether oxygens (including phenoxy) is 2. The Morgan fingerprint density at radius 2 is 1.57 bits per heavy atom. The van der Waals surface area contributed by atoms with Crippen molar-refractivity contribution in [2.45, 2.75) is 57.1 Å². The van der Waals surface area contributed by atoms with Gasteiger partial charge in [0.15, 0.2) is 5.76 Å². The van der Waals surface area contributed by atoms with Gasteiger partial charge < -0.3 is 29.7 Å². The van der Waals surface area contributed by atoms with Crippen LogP contribution in [0.3, 0.4) is 0 Å². The Morgan fingerprint density at radius 3 is 2.22 bits per heavy atom. The molecule has 0 unspecified atom stereocenters. The number of para-hydroxylation sites is 2. The number of anilines is 1. The van der Waals surface area contributed by atoms with Crippen LogP contribution in [0, 0.1) is 6.92 Å².